The van der Waals surface area contributed by atoms with Gasteiger partial charge in [0.25, 0.3) is 0 Å². The van der Waals surface area contributed by atoms with E-state index in [1.54, 1.807) is 13.0 Å². The van der Waals surface area contributed by atoms with Gasteiger partial charge >= 0.3 is 5.97 Å². The summed E-state index contributed by atoms with van der Waals surface area (Å²) >= 11 is 1.25. The summed E-state index contributed by atoms with van der Waals surface area (Å²) in [4.78, 5) is 22.1. The van der Waals surface area contributed by atoms with Gasteiger partial charge in [-0.15, -0.1) is 11.3 Å². The number of thiophene rings is 1. The highest BCUT2D eigenvalue weighted by atomic mass is 32.1. The van der Waals surface area contributed by atoms with Gasteiger partial charge in [-0.25, -0.2) is 9.78 Å². The van der Waals surface area contributed by atoms with Gasteiger partial charge in [-0.05, 0) is 30.5 Å². The number of anilines is 2. The van der Waals surface area contributed by atoms with E-state index in [1.807, 2.05) is 36.4 Å². The molecule has 2 aromatic heterocycles. The van der Waals surface area contributed by atoms with Crippen LogP contribution < -0.4 is 11.1 Å². The highest BCUT2D eigenvalue weighted by Crippen LogP contribution is 2.33. The smallest absolute Gasteiger partial charge is 0.348 e. The number of esters is 1. The molecule has 6 nitrogen and oxygen atoms in total. The zero-order chi connectivity index (χ0) is 20.9. The number of aromatic nitrogens is 2. The second kappa shape index (κ2) is 8.92. The zero-order valence-corrected chi connectivity index (χ0v) is 17.4. The second-order valence-corrected chi connectivity index (χ2v) is 7.81. The molecule has 3 N–H and O–H groups in total. The van der Waals surface area contributed by atoms with E-state index in [-0.39, 0.29) is 18.0 Å². The van der Waals surface area contributed by atoms with Gasteiger partial charge in [-0.2, -0.15) is 4.98 Å². The lowest BCUT2D eigenvalue weighted by Crippen LogP contribution is -2.15. The molecule has 0 fully saturated rings. The maximum atomic E-state index is 12.2. The van der Waals surface area contributed by atoms with Crippen LogP contribution in [0.5, 0.6) is 0 Å². The molecule has 0 saturated carbocycles. The van der Waals surface area contributed by atoms with Gasteiger partial charge in [0.15, 0.2) is 0 Å². The third-order valence-corrected chi connectivity index (χ3v) is 5.69. The van der Waals surface area contributed by atoms with Crippen molar-refractivity contribution in [1.29, 1.82) is 0 Å². The molecular weight excluding hydrogens is 396 g/mol. The van der Waals surface area contributed by atoms with Gasteiger partial charge in [-0.3, -0.25) is 0 Å². The summed E-state index contributed by atoms with van der Waals surface area (Å²) in [7, 11) is 0. The average molecular weight is 419 g/mol. The van der Waals surface area contributed by atoms with Crippen molar-refractivity contribution in [2.24, 2.45) is 0 Å². The van der Waals surface area contributed by atoms with E-state index < -0.39 is 0 Å². The molecule has 30 heavy (non-hydrogen) atoms. The number of benzene rings is 2. The van der Waals surface area contributed by atoms with Gasteiger partial charge in [0, 0.05) is 0 Å². The lowest BCUT2D eigenvalue weighted by Gasteiger charge is -2.20. The van der Waals surface area contributed by atoms with E-state index in [2.05, 4.69) is 39.6 Å². The van der Waals surface area contributed by atoms with Crippen LogP contribution in [0.1, 0.15) is 33.8 Å². The monoisotopic (exact) mass is 418 g/mol. The first-order chi connectivity index (χ1) is 14.6. The molecule has 7 heteroatoms. The van der Waals surface area contributed by atoms with Crippen LogP contribution >= 0.6 is 11.3 Å². The maximum absolute atomic E-state index is 12.2. The van der Waals surface area contributed by atoms with Crippen LogP contribution in [0.15, 0.2) is 66.7 Å². The minimum atomic E-state index is -0.367. The molecule has 0 radical (unpaired) electrons. The van der Waals surface area contributed by atoms with Crippen molar-refractivity contribution in [3.05, 3.63) is 82.7 Å². The summed E-state index contributed by atoms with van der Waals surface area (Å²) in [5.74, 6) is 0.400. The highest BCUT2D eigenvalue weighted by Gasteiger charge is 2.19. The summed E-state index contributed by atoms with van der Waals surface area (Å²) in [5.41, 5.74) is 8.30. The molecule has 0 amide bonds. The third-order valence-electron chi connectivity index (χ3n) is 4.68. The number of carbonyl (C=O) groups is 1. The van der Waals surface area contributed by atoms with Gasteiger partial charge in [0.2, 0.25) is 5.95 Å². The number of hydrogen-bond donors (Lipinski definition) is 2. The number of nitrogens with zero attached hydrogens (tertiary/aromatic N) is 2. The van der Waals surface area contributed by atoms with E-state index in [4.69, 9.17) is 10.5 Å². The molecule has 1 atom stereocenters. The van der Waals surface area contributed by atoms with E-state index >= 15 is 0 Å². The normalized spacial score (nSPS) is 11.9. The van der Waals surface area contributed by atoms with E-state index in [9.17, 15) is 4.79 Å². The van der Waals surface area contributed by atoms with Crippen molar-refractivity contribution in [2.75, 3.05) is 17.7 Å². The van der Waals surface area contributed by atoms with Gasteiger partial charge < -0.3 is 15.8 Å². The molecule has 1 unspecified atom stereocenters. The van der Waals surface area contributed by atoms with Crippen molar-refractivity contribution in [3.8, 4) is 0 Å². The van der Waals surface area contributed by atoms with Crippen molar-refractivity contribution < 1.29 is 9.53 Å². The number of nitrogen functional groups attached to an aromatic ring is 1. The van der Waals surface area contributed by atoms with Crippen LogP contribution in [0, 0.1) is 0 Å². The number of hydrogen-bond acceptors (Lipinski definition) is 7. The fourth-order valence-corrected chi connectivity index (χ4v) is 4.24. The predicted octanol–water partition coefficient (Wildman–Crippen LogP) is 4.85. The fourth-order valence-electron chi connectivity index (χ4n) is 3.30. The maximum Gasteiger partial charge on any atom is 0.348 e. The zero-order valence-electron chi connectivity index (χ0n) is 16.5. The standard InChI is InChI=1S/C23H22N4O2S/c1-2-29-22(28)19-14-17-20(26-23(24)27-21(17)30-19)25-18(16-11-7-4-8-12-16)13-15-9-5-3-6-10-15/h3-12,14,18H,2,13H2,1H3,(H3,24,25,26,27). The molecule has 4 rings (SSSR count). The molecule has 152 valence electrons. The number of ether oxygens (including phenoxy) is 1. The Kier molecular flexibility index (Phi) is 5.90. The summed E-state index contributed by atoms with van der Waals surface area (Å²) in [6.07, 6.45) is 0.769. The number of rotatable bonds is 7. The first-order valence-electron chi connectivity index (χ1n) is 9.73. The fraction of sp³-hybridized carbons (Fsp3) is 0.174. The largest absolute Gasteiger partial charge is 0.462 e. The topological polar surface area (TPSA) is 90.1 Å². The summed E-state index contributed by atoms with van der Waals surface area (Å²) in [6, 6.07) is 22.2. The van der Waals surface area contributed by atoms with Crippen molar-refractivity contribution >= 4 is 39.3 Å². The van der Waals surface area contributed by atoms with Crippen LogP contribution in [-0.2, 0) is 11.2 Å². The predicted molar refractivity (Wildman–Crippen MR) is 121 cm³/mol. The number of fused-ring (bicyclic) bond motifs is 1. The Balaban J connectivity index is 1.72. The third kappa shape index (κ3) is 4.41. The Bertz CT molecular complexity index is 1150. The highest BCUT2D eigenvalue weighted by molar-refractivity contribution is 7.20. The molecule has 0 aliphatic rings. The van der Waals surface area contributed by atoms with Crippen molar-refractivity contribution in [1.82, 2.24) is 9.97 Å². The lowest BCUT2D eigenvalue weighted by atomic mass is 9.99. The minimum Gasteiger partial charge on any atom is -0.462 e. The van der Waals surface area contributed by atoms with Gasteiger partial charge in [0.05, 0.1) is 18.0 Å². The van der Waals surface area contributed by atoms with E-state index in [0.29, 0.717) is 22.1 Å². The van der Waals surface area contributed by atoms with Crippen LogP contribution in [-0.4, -0.2) is 22.5 Å². The number of nitrogens with one attached hydrogen (secondary N) is 1. The molecule has 2 heterocycles. The molecule has 0 saturated heterocycles. The second-order valence-electron chi connectivity index (χ2n) is 6.78. The molecular formula is C23H22N4O2S. The quantitative estimate of drug-likeness (QED) is 0.417. The van der Waals surface area contributed by atoms with Crippen LogP contribution in [0.25, 0.3) is 10.2 Å². The van der Waals surface area contributed by atoms with Crippen LogP contribution in [0.4, 0.5) is 11.8 Å². The Morgan fingerprint density at radius 1 is 1.10 bits per heavy atom. The Morgan fingerprint density at radius 3 is 2.50 bits per heavy atom. The Morgan fingerprint density at radius 2 is 1.80 bits per heavy atom. The van der Waals surface area contributed by atoms with Crippen molar-refractivity contribution in [2.45, 2.75) is 19.4 Å². The molecule has 4 aromatic rings. The first-order valence-corrected chi connectivity index (χ1v) is 10.5. The van der Waals surface area contributed by atoms with E-state index in [1.165, 1.54) is 16.9 Å². The SMILES string of the molecule is CCOC(=O)c1cc2c(NC(Cc3ccccc3)c3ccccc3)nc(N)nc2s1. The molecule has 0 spiro atoms. The number of nitrogens with two attached hydrogens (primary N) is 1. The van der Waals surface area contributed by atoms with Crippen molar-refractivity contribution in [3.63, 3.8) is 0 Å². The first kappa shape index (κ1) is 19.8. The van der Waals surface area contributed by atoms with Crippen LogP contribution in [0.2, 0.25) is 0 Å². The average Bonchev–Trinajstić information content (AvgIpc) is 3.19. The molecule has 0 bridgehead atoms. The summed E-state index contributed by atoms with van der Waals surface area (Å²) in [6.45, 7) is 2.10. The van der Waals surface area contributed by atoms with Crippen LogP contribution in [0.3, 0.4) is 0 Å². The number of carbonyl (C=O) groups excluding carboxylic acids is 1. The molecule has 0 aliphatic carbocycles. The Hall–Kier alpha value is -3.45. The molecule has 0 aliphatic heterocycles. The minimum absolute atomic E-state index is 0.0305. The molecule has 2 aromatic carbocycles. The summed E-state index contributed by atoms with van der Waals surface area (Å²) < 4.78 is 5.13. The Labute approximate surface area is 178 Å². The van der Waals surface area contributed by atoms with Gasteiger partial charge in [0.1, 0.15) is 15.5 Å². The lowest BCUT2D eigenvalue weighted by molar-refractivity contribution is 0.0532. The van der Waals surface area contributed by atoms with Gasteiger partial charge in [-0.1, -0.05) is 60.7 Å². The summed E-state index contributed by atoms with van der Waals surface area (Å²) in [5, 5.41) is 4.29. The van der Waals surface area contributed by atoms with E-state index in [0.717, 1.165) is 17.4 Å².